The quantitative estimate of drug-likeness (QED) is 0.876. The number of aromatic nitrogens is 1. The van der Waals surface area contributed by atoms with Crippen molar-refractivity contribution >= 4 is 11.6 Å². The Morgan fingerprint density at radius 3 is 2.64 bits per heavy atom. The van der Waals surface area contributed by atoms with Crippen LogP contribution in [0.25, 0.3) is 0 Å². The van der Waals surface area contributed by atoms with E-state index in [4.69, 9.17) is 0 Å². The van der Waals surface area contributed by atoms with E-state index in [2.05, 4.69) is 46.4 Å². The van der Waals surface area contributed by atoms with Gasteiger partial charge in [0.25, 0.3) is 0 Å². The van der Waals surface area contributed by atoms with Crippen molar-refractivity contribution in [3.63, 3.8) is 0 Å². The van der Waals surface area contributed by atoms with E-state index >= 15 is 0 Å². The van der Waals surface area contributed by atoms with Gasteiger partial charge in [0.05, 0.1) is 0 Å². The number of pyridine rings is 1. The molecule has 3 rings (SSSR count). The number of benzene rings is 1. The van der Waals surface area contributed by atoms with Crippen LogP contribution in [0.15, 0.2) is 48.8 Å². The molecule has 0 spiro atoms. The molecule has 0 unspecified atom stereocenters. The van der Waals surface area contributed by atoms with Gasteiger partial charge in [-0.25, -0.2) is 0 Å². The number of nitrogens with zero attached hydrogens (tertiary/aromatic N) is 2. The van der Waals surface area contributed by atoms with Gasteiger partial charge in [-0.15, -0.1) is 0 Å². The Morgan fingerprint density at radius 2 is 1.92 bits per heavy atom. The van der Waals surface area contributed by atoms with Crippen LogP contribution in [0.2, 0.25) is 0 Å². The van der Waals surface area contributed by atoms with Crippen LogP contribution < -0.4 is 10.2 Å². The Labute approximate surface area is 150 Å². The van der Waals surface area contributed by atoms with Crippen LogP contribution in [-0.2, 0) is 17.8 Å². The first-order chi connectivity index (χ1) is 12.2. The maximum atomic E-state index is 12.0. The van der Waals surface area contributed by atoms with Gasteiger partial charge in [-0.1, -0.05) is 19.1 Å². The number of anilines is 1. The Balaban J connectivity index is 1.44. The van der Waals surface area contributed by atoms with Gasteiger partial charge in [0.15, 0.2) is 0 Å². The molecule has 0 saturated carbocycles. The fourth-order valence-corrected chi connectivity index (χ4v) is 3.34. The third-order valence-corrected chi connectivity index (χ3v) is 4.84. The molecule has 1 amide bonds. The van der Waals surface area contributed by atoms with Crippen LogP contribution in [0.5, 0.6) is 0 Å². The summed E-state index contributed by atoms with van der Waals surface area (Å²) in [7, 11) is 0. The largest absolute Gasteiger partial charge is 0.371 e. The molecule has 0 radical (unpaired) electrons. The molecule has 132 valence electrons. The van der Waals surface area contributed by atoms with Gasteiger partial charge in [-0.2, -0.15) is 0 Å². The standard InChI is InChI=1S/C21H27N3O/c1-17-3-2-14-24(16-17)20-7-4-19(5-8-20)15-23-21(25)9-6-18-10-12-22-13-11-18/h4-5,7-8,10-13,17H,2-3,6,9,14-16H2,1H3,(H,23,25)/t17-/m0/s1. The Morgan fingerprint density at radius 1 is 1.16 bits per heavy atom. The third kappa shape index (κ3) is 5.31. The van der Waals surface area contributed by atoms with E-state index in [1.807, 2.05) is 12.1 Å². The van der Waals surface area contributed by atoms with Crippen LogP contribution in [-0.4, -0.2) is 24.0 Å². The number of hydrogen-bond acceptors (Lipinski definition) is 3. The summed E-state index contributed by atoms with van der Waals surface area (Å²) < 4.78 is 0. The lowest BCUT2D eigenvalue weighted by atomic mass is 9.99. The minimum atomic E-state index is 0.0887. The topological polar surface area (TPSA) is 45.2 Å². The summed E-state index contributed by atoms with van der Waals surface area (Å²) in [6.45, 7) is 5.20. The van der Waals surface area contributed by atoms with Gasteiger partial charge in [0.2, 0.25) is 5.91 Å². The van der Waals surface area contributed by atoms with Gasteiger partial charge in [0.1, 0.15) is 0 Å². The SMILES string of the molecule is C[C@H]1CCCN(c2ccc(CNC(=O)CCc3ccncc3)cc2)C1. The maximum absolute atomic E-state index is 12.0. The van der Waals surface area contributed by atoms with Crippen LogP contribution in [0.3, 0.4) is 0 Å². The fourth-order valence-electron chi connectivity index (χ4n) is 3.34. The highest BCUT2D eigenvalue weighted by Crippen LogP contribution is 2.23. The summed E-state index contributed by atoms with van der Waals surface area (Å²) in [6.07, 6.45) is 7.39. The molecule has 4 nitrogen and oxygen atoms in total. The second kappa shape index (κ2) is 8.65. The number of piperidine rings is 1. The summed E-state index contributed by atoms with van der Waals surface area (Å²) >= 11 is 0. The second-order valence-corrected chi connectivity index (χ2v) is 6.99. The molecule has 1 N–H and O–H groups in total. The van der Waals surface area contributed by atoms with Crippen molar-refractivity contribution in [1.29, 1.82) is 0 Å². The van der Waals surface area contributed by atoms with Gasteiger partial charge in [0, 0.05) is 44.1 Å². The maximum Gasteiger partial charge on any atom is 0.220 e. The van der Waals surface area contributed by atoms with Crippen molar-refractivity contribution in [3.05, 3.63) is 59.9 Å². The van der Waals surface area contributed by atoms with Crippen molar-refractivity contribution < 1.29 is 4.79 Å². The smallest absolute Gasteiger partial charge is 0.220 e. The zero-order valence-corrected chi connectivity index (χ0v) is 14.9. The van der Waals surface area contributed by atoms with E-state index in [1.165, 1.54) is 18.5 Å². The molecule has 1 aromatic carbocycles. The monoisotopic (exact) mass is 337 g/mol. The average molecular weight is 337 g/mol. The molecule has 1 saturated heterocycles. The number of carbonyl (C=O) groups excluding carboxylic acids is 1. The van der Waals surface area contributed by atoms with Crippen molar-refractivity contribution in [3.8, 4) is 0 Å². The first kappa shape index (κ1) is 17.5. The molecular formula is C21H27N3O. The molecule has 1 atom stereocenters. The molecule has 1 aromatic heterocycles. The Hall–Kier alpha value is -2.36. The number of aryl methyl sites for hydroxylation is 1. The lowest BCUT2D eigenvalue weighted by molar-refractivity contribution is -0.121. The fraction of sp³-hybridized carbons (Fsp3) is 0.429. The van der Waals surface area contributed by atoms with E-state index in [0.29, 0.717) is 13.0 Å². The molecule has 4 heteroatoms. The van der Waals surface area contributed by atoms with Crippen molar-refractivity contribution in [1.82, 2.24) is 10.3 Å². The van der Waals surface area contributed by atoms with Crippen molar-refractivity contribution in [2.45, 2.75) is 39.2 Å². The first-order valence-electron chi connectivity index (χ1n) is 9.20. The summed E-state index contributed by atoms with van der Waals surface area (Å²) in [5.41, 5.74) is 3.58. The Kier molecular flexibility index (Phi) is 6.04. The lowest BCUT2D eigenvalue weighted by Gasteiger charge is -2.32. The van der Waals surface area contributed by atoms with Crippen LogP contribution in [0.4, 0.5) is 5.69 Å². The molecule has 25 heavy (non-hydrogen) atoms. The zero-order chi connectivity index (χ0) is 17.5. The summed E-state index contributed by atoms with van der Waals surface area (Å²) in [4.78, 5) is 18.5. The summed E-state index contributed by atoms with van der Waals surface area (Å²) in [5.74, 6) is 0.860. The molecule has 0 aliphatic carbocycles. The molecule has 2 heterocycles. The van der Waals surface area contributed by atoms with Crippen molar-refractivity contribution in [2.75, 3.05) is 18.0 Å². The average Bonchev–Trinajstić information content (AvgIpc) is 2.66. The Bertz CT molecular complexity index is 669. The summed E-state index contributed by atoms with van der Waals surface area (Å²) in [5, 5.41) is 3.01. The van der Waals surface area contributed by atoms with E-state index in [-0.39, 0.29) is 5.91 Å². The zero-order valence-electron chi connectivity index (χ0n) is 14.9. The minimum absolute atomic E-state index is 0.0887. The first-order valence-corrected chi connectivity index (χ1v) is 9.20. The molecule has 1 aliphatic heterocycles. The highest BCUT2D eigenvalue weighted by atomic mass is 16.1. The van der Waals surface area contributed by atoms with E-state index < -0.39 is 0 Å². The van der Waals surface area contributed by atoms with E-state index in [9.17, 15) is 4.79 Å². The molecule has 0 bridgehead atoms. The molecular weight excluding hydrogens is 310 g/mol. The predicted molar refractivity (Wildman–Crippen MR) is 101 cm³/mol. The van der Waals surface area contributed by atoms with Gasteiger partial charge < -0.3 is 10.2 Å². The number of carbonyl (C=O) groups is 1. The van der Waals surface area contributed by atoms with E-state index in [1.54, 1.807) is 12.4 Å². The highest BCUT2D eigenvalue weighted by molar-refractivity contribution is 5.76. The normalized spacial score (nSPS) is 17.3. The molecule has 1 fully saturated rings. The number of rotatable bonds is 6. The molecule has 1 aliphatic rings. The van der Waals surface area contributed by atoms with Gasteiger partial charge in [-0.05, 0) is 60.6 Å². The highest BCUT2D eigenvalue weighted by Gasteiger charge is 2.16. The predicted octanol–water partition coefficient (Wildman–Crippen LogP) is 3.57. The second-order valence-electron chi connectivity index (χ2n) is 6.99. The van der Waals surface area contributed by atoms with Crippen LogP contribution in [0, 0.1) is 5.92 Å². The van der Waals surface area contributed by atoms with Gasteiger partial charge >= 0.3 is 0 Å². The minimum Gasteiger partial charge on any atom is -0.371 e. The number of nitrogens with one attached hydrogen (secondary N) is 1. The third-order valence-electron chi connectivity index (χ3n) is 4.84. The van der Waals surface area contributed by atoms with Crippen LogP contribution >= 0.6 is 0 Å². The number of amides is 1. The van der Waals surface area contributed by atoms with Crippen LogP contribution in [0.1, 0.15) is 37.3 Å². The van der Waals surface area contributed by atoms with Crippen molar-refractivity contribution in [2.24, 2.45) is 5.92 Å². The number of hydrogen-bond donors (Lipinski definition) is 1. The molecule has 2 aromatic rings. The van der Waals surface area contributed by atoms with E-state index in [0.717, 1.165) is 36.6 Å². The lowest BCUT2D eigenvalue weighted by Crippen LogP contribution is -2.34. The summed E-state index contributed by atoms with van der Waals surface area (Å²) in [6, 6.07) is 12.5. The van der Waals surface area contributed by atoms with Gasteiger partial charge in [-0.3, -0.25) is 9.78 Å².